The molecule has 0 radical (unpaired) electrons. The molecule has 1 aromatic carbocycles. The minimum atomic E-state index is -0.311. The average Bonchev–Trinajstić information content (AvgIpc) is 2.62. The fraction of sp³-hybridized carbons (Fsp3) is 0.600. The molecule has 0 saturated heterocycles. The zero-order chi connectivity index (χ0) is 17.8. The number of carbonyl (C=O) groups is 2. The Balaban J connectivity index is 1.68. The van der Waals surface area contributed by atoms with Crippen LogP contribution in [0.3, 0.4) is 0 Å². The van der Waals surface area contributed by atoms with Gasteiger partial charge >= 0.3 is 5.97 Å². The van der Waals surface area contributed by atoms with Gasteiger partial charge in [0, 0.05) is 18.0 Å². The van der Waals surface area contributed by atoms with E-state index in [9.17, 15) is 9.59 Å². The summed E-state index contributed by atoms with van der Waals surface area (Å²) in [4.78, 5) is 25.8. The van der Waals surface area contributed by atoms with Gasteiger partial charge in [0.1, 0.15) is 6.54 Å². The molecule has 1 saturated carbocycles. The Hall–Kier alpha value is -1.88. The standard InChI is InChI=1S/C20H28N2O3/c1-14-7-3-6-10-17(14)21-19(23)13-22-12-16-9-5-4-8-15(16)11-18(22)20(24)25-2/h4-5,8-9,14,17-18H,3,6-7,10-13H2,1-2H3,(H,21,23)/p+1/t14-,17+,18-/m1/s1. The number of ether oxygens (including phenoxy) is 1. The van der Waals surface area contributed by atoms with Gasteiger partial charge in [0.25, 0.3) is 5.91 Å². The lowest BCUT2D eigenvalue weighted by molar-refractivity contribution is -0.924. The van der Waals surface area contributed by atoms with Crippen molar-refractivity contribution in [3.63, 3.8) is 0 Å². The van der Waals surface area contributed by atoms with Gasteiger partial charge < -0.3 is 15.0 Å². The molecule has 1 amide bonds. The minimum absolute atomic E-state index is 0.0436. The minimum Gasteiger partial charge on any atom is -0.465 e. The highest BCUT2D eigenvalue weighted by Gasteiger charge is 2.37. The number of quaternary nitrogens is 1. The third kappa shape index (κ3) is 4.21. The molecular weight excluding hydrogens is 316 g/mol. The van der Waals surface area contributed by atoms with Crippen LogP contribution in [-0.4, -0.2) is 37.6 Å². The van der Waals surface area contributed by atoms with Crippen LogP contribution in [0, 0.1) is 5.92 Å². The number of nitrogens with one attached hydrogen (secondary N) is 2. The Morgan fingerprint density at radius 1 is 1.20 bits per heavy atom. The predicted octanol–water partition coefficient (Wildman–Crippen LogP) is 0.864. The van der Waals surface area contributed by atoms with Crippen LogP contribution in [0.2, 0.25) is 0 Å². The summed E-state index contributed by atoms with van der Waals surface area (Å²) in [6.45, 7) is 3.21. The van der Waals surface area contributed by atoms with Crippen molar-refractivity contribution in [2.24, 2.45) is 5.92 Å². The van der Waals surface area contributed by atoms with Crippen LogP contribution >= 0.6 is 0 Å². The summed E-state index contributed by atoms with van der Waals surface area (Å²) in [7, 11) is 1.42. The van der Waals surface area contributed by atoms with Gasteiger partial charge in [-0.05, 0) is 24.3 Å². The molecule has 0 aromatic heterocycles. The molecule has 3 rings (SSSR count). The molecule has 1 fully saturated rings. The molecular formula is C20H29N2O3+. The lowest BCUT2D eigenvalue weighted by Crippen LogP contribution is -3.17. The van der Waals surface area contributed by atoms with Gasteiger partial charge in [0.2, 0.25) is 0 Å². The van der Waals surface area contributed by atoms with E-state index in [4.69, 9.17) is 4.74 Å². The second kappa shape index (κ2) is 8.00. The van der Waals surface area contributed by atoms with E-state index < -0.39 is 0 Å². The molecule has 2 aliphatic rings. The third-order valence-corrected chi connectivity index (χ3v) is 5.78. The monoisotopic (exact) mass is 345 g/mol. The van der Waals surface area contributed by atoms with Crippen molar-refractivity contribution in [1.82, 2.24) is 5.32 Å². The summed E-state index contributed by atoms with van der Waals surface area (Å²) < 4.78 is 4.99. The van der Waals surface area contributed by atoms with E-state index in [0.717, 1.165) is 11.3 Å². The topological polar surface area (TPSA) is 59.8 Å². The molecule has 136 valence electrons. The molecule has 1 unspecified atom stereocenters. The lowest BCUT2D eigenvalue weighted by atomic mass is 9.86. The molecule has 1 aromatic rings. The van der Waals surface area contributed by atoms with Crippen LogP contribution in [0.25, 0.3) is 0 Å². The number of hydrogen-bond acceptors (Lipinski definition) is 3. The van der Waals surface area contributed by atoms with E-state index >= 15 is 0 Å². The Labute approximate surface area is 149 Å². The summed E-state index contributed by atoms with van der Waals surface area (Å²) in [5.74, 6) is 0.344. The highest BCUT2D eigenvalue weighted by Crippen LogP contribution is 2.23. The number of amides is 1. The van der Waals surface area contributed by atoms with E-state index in [1.165, 1.54) is 37.5 Å². The smallest absolute Gasteiger partial charge is 0.365 e. The normalized spacial score (nSPS) is 28.7. The number of fused-ring (bicyclic) bond motifs is 1. The van der Waals surface area contributed by atoms with E-state index in [1.54, 1.807) is 0 Å². The van der Waals surface area contributed by atoms with Gasteiger partial charge in [-0.25, -0.2) is 4.79 Å². The maximum Gasteiger partial charge on any atom is 0.365 e. The van der Waals surface area contributed by atoms with Crippen molar-refractivity contribution >= 4 is 11.9 Å². The second-order valence-electron chi connectivity index (χ2n) is 7.50. The Morgan fingerprint density at radius 3 is 2.64 bits per heavy atom. The van der Waals surface area contributed by atoms with Gasteiger partial charge in [-0.1, -0.05) is 44.0 Å². The van der Waals surface area contributed by atoms with Crippen LogP contribution in [0.4, 0.5) is 0 Å². The highest BCUT2D eigenvalue weighted by molar-refractivity contribution is 5.78. The summed E-state index contributed by atoms with van der Waals surface area (Å²) in [6.07, 6.45) is 5.31. The van der Waals surface area contributed by atoms with Crippen molar-refractivity contribution in [1.29, 1.82) is 0 Å². The molecule has 4 atom stereocenters. The van der Waals surface area contributed by atoms with Crippen molar-refractivity contribution in [3.8, 4) is 0 Å². The average molecular weight is 345 g/mol. The third-order valence-electron chi connectivity index (χ3n) is 5.78. The van der Waals surface area contributed by atoms with Crippen LogP contribution in [0.15, 0.2) is 24.3 Å². The summed E-state index contributed by atoms with van der Waals surface area (Å²) in [5, 5.41) is 3.21. The molecule has 25 heavy (non-hydrogen) atoms. The van der Waals surface area contributed by atoms with E-state index in [1.807, 2.05) is 12.1 Å². The maximum absolute atomic E-state index is 12.6. The Kier molecular flexibility index (Phi) is 5.74. The SMILES string of the molecule is COC(=O)[C@H]1Cc2ccccc2C[NH+]1CC(=O)N[C@H]1CCCC[C@H]1C. The van der Waals surface area contributed by atoms with Gasteiger partial charge in [-0.2, -0.15) is 0 Å². The van der Waals surface area contributed by atoms with E-state index in [-0.39, 0.29) is 24.0 Å². The van der Waals surface area contributed by atoms with Crippen LogP contribution < -0.4 is 10.2 Å². The van der Waals surface area contributed by atoms with E-state index in [0.29, 0.717) is 25.4 Å². The lowest BCUT2D eigenvalue weighted by Gasteiger charge is -2.33. The van der Waals surface area contributed by atoms with E-state index in [2.05, 4.69) is 24.4 Å². The van der Waals surface area contributed by atoms with Crippen molar-refractivity contribution in [2.45, 2.75) is 57.7 Å². The highest BCUT2D eigenvalue weighted by atomic mass is 16.5. The fourth-order valence-corrected chi connectivity index (χ4v) is 4.23. The Morgan fingerprint density at radius 2 is 1.92 bits per heavy atom. The first-order chi connectivity index (χ1) is 12.1. The first-order valence-electron chi connectivity index (χ1n) is 9.37. The van der Waals surface area contributed by atoms with Crippen LogP contribution in [-0.2, 0) is 27.3 Å². The number of esters is 1. The Bertz CT molecular complexity index is 631. The van der Waals surface area contributed by atoms with Gasteiger partial charge in [0.15, 0.2) is 12.6 Å². The maximum atomic E-state index is 12.6. The molecule has 0 bridgehead atoms. The van der Waals surface area contributed by atoms with Gasteiger partial charge in [-0.15, -0.1) is 0 Å². The number of benzene rings is 1. The van der Waals surface area contributed by atoms with Crippen molar-refractivity contribution < 1.29 is 19.2 Å². The molecule has 2 N–H and O–H groups in total. The zero-order valence-electron chi connectivity index (χ0n) is 15.2. The quantitative estimate of drug-likeness (QED) is 0.796. The number of carbonyl (C=O) groups excluding carboxylic acids is 2. The van der Waals surface area contributed by atoms with Crippen LogP contribution in [0.1, 0.15) is 43.7 Å². The van der Waals surface area contributed by atoms with Gasteiger partial charge in [0.05, 0.1) is 7.11 Å². The first kappa shape index (κ1) is 17.9. The zero-order valence-corrected chi connectivity index (χ0v) is 15.2. The summed E-state index contributed by atoms with van der Waals surface area (Å²) in [6, 6.07) is 8.12. The molecule has 1 heterocycles. The largest absolute Gasteiger partial charge is 0.465 e. The number of hydrogen-bond donors (Lipinski definition) is 2. The molecule has 5 nitrogen and oxygen atoms in total. The van der Waals surface area contributed by atoms with Gasteiger partial charge in [-0.3, -0.25) is 4.79 Å². The number of rotatable bonds is 4. The van der Waals surface area contributed by atoms with Crippen LogP contribution in [0.5, 0.6) is 0 Å². The number of methoxy groups -OCH3 is 1. The summed E-state index contributed by atoms with van der Waals surface area (Å²) >= 11 is 0. The molecule has 0 spiro atoms. The molecule has 5 heteroatoms. The second-order valence-corrected chi connectivity index (χ2v) is 7.50. The predicted molar refractivity (Wildman–Crippen MR) is 95.0 cm³/mol. The fourth-order valence-electron chi connectivity index (χ4n) is 4.23. The van der Waals surface area contributed by atoms with Crippen molar-refractivity contribution in [2.75, 3.05) is 13.7 Å². The molecule has 1 aliphatic carbocycles. The summed E-state index contributed by atoms with van der Waals surface area (Å²) in [5.41, 5.74) is 2.40. The molecule has 1 aliphatic heterocycles. The van der Waals surface area contributed by atoms with Crippen molar-refractivity contribution in [3.05, 3.63) is 35.4 Å². The first-order valence-corrected chi connectivity index (χ1v) is 9.37.